The lowest BCUT2D eigenvalue weighted by atomic mass is 10.1. The molecule has 6 nitrogen and oxygen atoms in total. The fourth-order valence-electron chi connectivity index (χ4n) is 1.87. The first-order valence-corrected chi connectivity index (χ1v) is 6.48. The van der Waals surface area contributed by atoms with Crippen molar-refractivity contribution in [1.82, 2.24) is 5.32 Å². The highest BCUT2D eigenvalue weighted by Gasteiger charge is 2.18. The third-order valence-corrected chi connectivity index (χ3v) is 2.90. The zero-order valence-electron chi connectivity index (χ0n) is 12.1. The third-order valence-electron chi connectivity index (χ3n) is 2.90. The monoisotopic (exact) mass is 279 g/mol. The standard InChI is InChI=1S/C14H21N3O3/c1-4-20-14(19)10-6-5-7-11(15)13(10)17(3)9-8-12(18)16-2/h5-7H,4,8-9,15H2,1-3H3,(H,16,18). The van der Waals surface area contributed by atoms with Crippen LogP contribution in [-0.2, 0) is 9.53 Å². The first kappa shape index (κ1) is 15.8. The van der Waals surface area contributed by atoms with Crippen LogP contribution < -0.4 is 16.0 Å². The van der Waals surface area contributed by atoms with Crippen LogP contribution in [0.2, 0.25) is 0 Å². The number of para-hydroxylation sites is 1. The van der Waals surface area contributed by atoms with E-state index in [1.165, 1.54) is 0 Å². The number of hydrogen-bond acceptors (Lipinski definition) is 5. The molecule has 110 valence electrons. The average molecular weight is 279 g/mol. The maximum Gasteiger partial charge on any atom is 0.340 e. The van der Waals surface area contributed by atoms with E-state index in [4.69, 9.17) is 10.5 Å². The Morgan fingerprint density at radius 3 is 2.70 bits per heavy atom. The van der Waals surface area contributed by atoms with Crippen LogP contribution in [0.4, 0.5) is 11.4 Å². The molecule has 0 saturated heterocycles. The zero-order valence-corrected chi connectivity index (χ0v) is 12.1. The summed E-state index contributed by atoms with van der Waals surface area (Å²) in [5.41, 5.74) is 7.43. The molecule has 20 heavy (non-hydrogen) atoms. The minimum absolute atomic E-state index is 0.0657. The molecule has 3 N–H and O–H groups in total. The summed E-state index contributed by atoms with van der Waals surface area (Å²) in [6.45, 7) is 2.51. The molecule has 6 heteroatoms. The Bertz CT molecular complexity index is 489. The number of amides is 1. The zero-order chi connectivity index (χ0) is 15.1. The van der Waals surface area contributed by atoms with Crippen molar-refractivity contribution in [3.63, 3.8) is 0 Å². The van der Waals surface area contributed by atoms with Crippen LogP contribution in [0.5, 0.6) is 0 Å². The minimum Gasteiger partial charge on any atom is -0.462 e. The van der Waals surface area contributed by atoms with Gasteiger partial charge in [0.15, 0.2) is 0 Å². The van der Waals surface area contributed by atoms with Gasteiger partial charge in [-0.1, -0.05) is 6.07 Å². The summed E-state index contributed by atoms with van der Waals surface area (Å²) in [5, 5.41) is 2.56. The largest absolute Gasteiger partial charge is 0.462 e. The van der Waals surface area contributed by atoms with E-state index in [-0.39, 0.29) is 5.91 Å². The van der Waals surface area contributed by atoms with E-state index in [0.29, 0.717) is 36.5 Å². The van der Waals surface area contributed by atoms with Crippen molar-refractivity contribution in [1.29, 1.82) is 0 Å². The number of anilines is 2. The fraction of sp³-hybridized carbons (Fsp3) is 0.429. The second-order valence-corrected chi connectivity index (χ2v) is 4.31. The van der Waals surface area contributed by atoms with Gasteiger partial charge in [-0.2, -0.15) is 0 Å². The number of nitrogen functional groups attached to an aromatic ring is 1. The van der Waals surface area contributed by atoms with E-state index >= 15 is 0 Å². The average Bonchev–Trinajstić information content (AvgIpc) is 2.44. The molecule has 0 fully saturated rings. The summed E-state index contributed by atoms with van der Waals surface area (Å²) in [5.74, 6) is -0.481. The van der Waals surface area contributed by atoms with Gasteiger partial charge in [-0.05, 0) is 19.1 Å². The molecule has 1 aromatic rings. The first-order chi connectivity index (χ1) is 9.51. The highest BCUT2D eigenvalue weighted by atomic mass is 16.5. The summed E-state index contributed by atoms with van der Waals surface area (Å²) < 4.78 is 5.02. The number of carbonyl (C=O) groups is 2. The molecule has 0 saturated carbocycles. The minimum atomic E-state index is -0.415. The molecule has 0 unspecified atom stereocenters. The molecule has 0 aliphatic carbocycles. The molecule has 1 amide bonds. The molecule has 0 spiro atoms. The summed E-state index contributed by atoms with van der Waals surface area (Å²) in [4.78, 5) is 25.0. The predicted octanol–water partition coefficient (Wildman–Crippen LogP) is 1.02. The van der Waals surface area contributed by atoms with Gasteiger partial charge in [0.05, 0.1) is 23.5 Å². The van der Waals surface area contributed by atoms with Gasteiger partial charge >= 0.3 is 5.97 Å². The number of ether oxygens (including phenoxy) is 1. The lowest BCUT2D eigenvalue weighted by molar-refractivity contribution is -0.120. The molecule has 0 heterocycles. The quantitative estimate of drug-likeness (QED) is 0.600. The topological polar surface area (TPSA) is 84.7 Å². The highest BCUT2D eigenvalue weighted by molar-refractivity contribution is 5.99. The molecule has 0 aromatic heterocycles. The molecule has 0 aliphatic rings. The van der Waals surface area contributed by atoms with Crippen LogP contribution >= 0.6 is 0 Å². The third kappa shape index (κ3) is 3.88. The summed E-state index contributed by atoms with van der Waals surface area (Å²) in [7, 11) is 3.38. The van der Waals surface area contributed by atoms with Gasteiger partial charge in [0.1, 0.15) is 0 Å². The molecular formula is C14H21N3O3. The predicted molar refractivity (Wildman–Crippen MR) is 78.8 cm³/mol. The molecular weight excluding hydrogens is 258 g/mol. The lowest BCUT2D eigenvalue weighted by Crippen LogP contribution is -2.28. The normalized spacial score (nSPS) is 9.95. The number of nitrogens with zero attached hydrogens (tertiary/aromatic N) is 1. The second-order valence-electron chi connectivity index (χ2n) is 4.31. The molecule has 1 rings (SSSR count). The Morgan fingerprint density at radius 1 is 1.40 bits per heavy atom. The van der Waals surface area contributed by atoms with Gasteiger partial charge in [-0.15, -0.1) is 0 Å². The number of hydrogen-bond donors (Lipinski definition) is 2. The molecule has 0 aliphatic heterocycles. The van der Waals surface area contributed by atoms with Crippen molar-refractivity contribution >= 4 is 23.3 Å². The van der Waals surface area contributed by atoms with E-state index in [1.807, 2.05) is 0 Å². The summed E-state index contributed by atoms with van der Waals surface area (Å²) >= 11 is 0. The van der Waals surface area contributed by atoms with E-state index in [1.54, 1.807) is 44.1 Å². The molecule has 1 aromatic carbocycles. The Labute approximate surface area is 118 Å². The molecule has 0 bridgehead atoms. The van der Waals surface area contributed by atoms with Crippen molar-refractivity contribution in [3.8, 4) is 0 Å². The summed E-state index contributed by atoms with van der Waals surface area (Å²) in [6, 6.07) is 5.09. The smallest absolute Gasteiger partial charge is 0.340 e. The highest BCUT2D eigenvalue weighted by Crippen LogP contribution is 2.27. The number of nitrogens with two attached hydrogens (primary N) is 1. The SMILES string of the molecule is CCOC(=O)c1cccc(N)c1N(C)CCC(=O)NC. The van der Waals surface area contributed by atoms with Crippen LogP contribution in [0.25, 0.3) is 0 Å². The van der Waals surface area contributed by atoms with Crippen LogP contribution in [0.3, 0.4) is 0 Å². The maximum atomic E-state index is 11.9. The Hall–Kier alpha value is -2.24. The second kappa shape index (κ2) is 7.37. The van der Waals surface area contributed by atoms with E-state index < -0.39 is 5.97 Å². The molecule has 0 atom stereocenters. The van der Waals surface area contributed by atoms with Crippen molar-refractivity contribution < 1.29 is 14.3 Å². The maximum absolute atomic E-state index is 11.9. The van der Waals surface area contributed by atoms with Gasteiger partial charge in [-0.25, -0.2) is 4.79 Å². The van der Waals surface area contributed by atoms with Crippen molar-refractivity contribution in [2.75, 3.05) is 37.9 Å². The fourth-order valence-corrected chi connectivity index (χ4v) is 1.87. The van der Waals surface area contributed by atoms with Gasteiger partial charge in [0.25, 0.3) is 0 Å². The number of benzene rings is 1. The number of rotatable bonds is 6. The van der Waals surface area contributed by atoms with Crippen LogP contribution in [0.1, 0.15) is 23.7 Å². The van der Waals surface area contributed by atoms with Gasteiger partial charge in [0.2, 0.25) is 5.91 Å². The van der Waals surface area contributed by atoms with E-state index in [9.17, 15) is 9.59 Å². The lowest BCUT2D eigenvalue weighted by Gasteiger charge is -2.23. The van der Waals surface area contributed by atoms with Gasteiger partial charge in [-0.3, -0.25) is 4.79 Å². The van der Waals surface area contributed by atoms with Crippen LogP contribution in [0.15, 0.2) is 18.2 Å². The number of carbonyl (C=O) groups excluding carboxylic acids is 2. The Morgan fingerprint density at radius 2 is 2.10 bits per heavy atom. The van der Waals surface area contributed by atoms with Crippen molar-refractivity contribution in [3.05, 3.63) is 23.8 Å². The van der Waals surface area contributed by atoms with Gasteiger partial charge < -0.3 is 20.7 Å². The van der Waals surface area contributed by atoms with E-state index in [2.05, 4.69) is 5.32 Å². The number of esters is 1. The summed E-state index contributed by atoms with van der Waals surface area (Å²) in [6.07, 6.45) is 0.323. The first-order valence-electron chi connectivity index (χ1n) is 6.48. The molecule has 0 radical (unpaired) electrons. The Kier molecular flexibility index (Phi) is 5.83. The van der Waals surface area contributed by atoms with Crippen LogP contribution in [0, 0.1) is 0 Å². The number of nitrogens with one attached hydrogen (secondary N) is 1. The van der Waals surface area contributed by atoms with Gasteiger partial charge in [0, 0.05) is 27.1 Å². The van der Waals surface area contributed by atoms with Crippen molar-refractivity contribution in [2.45, 2.75) is 13.3 Å². The van der Waals surface area contributed by atoms with E-state index in [0.717, 1.165) is 0 Å². The Balaban J connectivity index is 2.97. The van der Waals surface area contributed by atoms with Crippen LogP contribution in [-0.4, -0.2) is 39.1 Å². The van der Waals surface area contributed by atoms with Crippen molar-refractivity contribution in [2.24, 2.45) is 0 Å².